The fourth-order valence-corrected chi connectivity index (χ4v) is 1.93. The van der Waals surface area contributed by atoms with Gasteiger partial charge in [0.05, 0.1) is 0 Å². The van der Waals surface area contributed by atoms with Crippen LogP contribution < -0.4 is 5.73 Å². The summed E-state index contributed by atoms with van der Waals surface area (Å²) in [7, 11) is 0. The first-order chi connectivity index (χ1) is 5.77. The van der Waals surface area contributed by atoms with Gasteiger partial charge in [-0.15, -0.1) is 0 Å². The van der Waals surface area contributed by atoms with Gasteiger partial charge in [0.25, 0.3) is 0 Å². The van der Waals surface area contributed by atoms with Crippen molar-refractivity contribution in [3.63, 3.8) is 0 Å². The van der Waals surface area contributed by atoms with Crippen molar-refractivity contribution in [3.8, 4) is 0 Å². The van der Waals surface area contributed by atoms with Crippen LogP contribution in [-0.2, 0) is 0 Å². The topological polar surface area (TPSA) is 26.0 Å². The number of halogens is 1. The predicted octanol–water partition coefficient (Wildman–Crippen LogP) is 3.03. The Morgan fingerprint density at radius 2 is 1.92 bits per heavy atom. The third kappa shape index (κ3) is 1.27. The molecule has 2 aromatic carbocycles. The molecule has 0 atom stereocenters. The van der Waals surface area contributed by atoms with Gasteiger partial charge >= 0.3 is 0 Å². The molecule has 0 spiro atoms. The van der Waals surface area contributed by atoms with Crippen LogP contribution >= 0.6 is 22.6 Å². The van der Waals surface area contributed by atoms with Crippen LogP contribution in [0.4, 0.5) is 5.69 Å². The van der Waals surface area contributed by atoms with Crippen molar-refractivity contribution in [2.24, 2.45) is 0 Å². The largest absolute Gasteiger partial charge is 0.399 e. The van der Waals surface area contributed by atoms with Crippen LogP contribution in [0, 0.1) is 3.57 Å². The SMILES string of the molecule is Nc1ccc2cccc(I)c2c1. The van der Waals surface area contributed by atoms with Gasteiger partial charge in [-0.25, -0.2) is 0 Å². The molecule has 0 amide bonds. The summed E-state index contributed by atoms with van der Waals surface area (Å²) in [6.07, 6.45) is 0. The summed E-state index contributed by atoms with van der Waals surface area (Å²) in [4.78, 5) is 0. The van der Waals surface area contributed by atoms with Crippen LogP contribution in [0.25, 0.3) is 10.8 Å². The van der Waals surface area contributed by atoms with Crippen LogP contribution in [0.2, 0.25) is 0 Å². The highest BCUT2D eigenvalue weighted by molar-refractivity contribution is 14.1. The summed E-state index contributed by atoms with van der Waals surface area (Å²) >= 11 is 2.32. The quantitative estimate of drug-likeness (QED) is 0.577. The second-order valence-electron chi connectivity index (χ2n) is 2.72. The number of nitrogens with two attached hydrogens (primary N) is 1. The van der Waals surface area contributed by atoms with E-state index in [-0.39, 0.29) is 0 Å². The standard InChI is InChI=1S/C10H8IN/c11-10-3-1-2-7-4-5-8(12)6-9(7)10/h1-6H,12H2. The molecule has 0 bridgehead atoms. The molecule has 0 fully saturated rings. The summed E-state index contributed by atoms with van der Waals surface area (Å²) in [6, 6.07) is 12.2. The van der Waals surface area contributed by atoms with Crippen molar-refractivity contribution >= 4 is 39.1 Å². The summed E-state index contributed by atoms with van der Waals surface area (Å²) in [5.41, 5.74) is 6.51. The minimum Gasteiger partial charge on any atom is -0.399 e. The van der Waals surface area contributed by atoms with E-state index in [0.717, 1.165) is 5.69 Å². The molecule has 0 saturated heterocycles. The van der Waals surface area contributed by atoms with E-state index in [1.807, 2.05) is 18.2 Å². The third-order valence-corrected chi connectivity index (χ3v) is 2.79. The molecule has 0 unspecified atom stereocenters. The lowest BCUT2D eigenvalue weighted by Crippen LogP contribution is -1.84. The molecule has 12 heavy (non-hydrogen) atoms. The normalized spacial score (nSPS) is 10.4. The van der Waals surface area contributed by atoms with Crippen molar-refractivity contribution < 1.29 is 0 Å². The molecule has 0 aliphatic heterocycles. The van der Waals surface area contributed by atoms with Gasteiger partial charge in [-0.1, -0.05) is 18.2 Å². The van der Waals surface area contributed by atoms with E-state index in [1.165, 1.54) is 14.3 Å². The first-order valence-corrected chi connectivity index (χ1v) is 4.79. The van der Waals surface area contributed by atoms with Crippen molar-refractivity contribution in [3.05, 3.63) is 40.0 Å². The average Bonchev–Trinajstić information content (AvgIpc) is 2.07. The lowest BCUT2D eigenvalue weighted by molar-refractivity contribution is 1.69. The first-order valence-electron chi connectivity index (χ1n) is 3.71. The minimum absolute atomic E-state index is 0.826. The van der Waals surface area contributed by atoms with Crippen LogP contribution in [0.3, 0.4) is 0 Å². The Kier molecular flexibility index (Phi) is 1.92. The zero-order chi connectivity index (χ0) is 8.55. The van der Waals surface area contributed by atoms with E-state index >= 15 is 0 Å². The summed E-state index contributed by atoms with van der Waals surface area (Å²) in [5.74, 6) is 0. The van der Waals surface area contributed by atoms with Crippen molar-refractivity contribution in [2.75, 3.05) is 5.73 Å². The maximum absolute atomic E-state index is 5.69. The summed E-state index contributed by atoms with van der Waals surface area (Å²) < 4.78 is 1.25. The Bertz CT molecular complexity index is 423. The zero-order valence-corrected chi connectivity index (χ0v) is 8.58. The van der Waals surface area contributed by atoms with Gasteiger partial charge in [-0.05, 0) is 51.6 Å². The number of hydrogen-bond donors (Lipinski definition) is 1. The van der Waals surface area contributed by atoms with Gasteiger partial charge in [-0.2, -0.15) is 0 Å². The molecule has 0 heterocycles. The lowest BCUT2D eigenvalue weighted by Gasteiger charge is -2.00. The number of fused-ring (bicyclic) bond motifs is 1. The molecule has 2 heteroatoms. The lowest BCUT2D eigenvalue weighted by atomic mass is 10.1. The number of hydrogen-bond acceptors (Lipinski definition) is 1. The van der Waals surface area contributed by atoms with Crippen LogP contribution in [0.15, 0.2) is 36.4 Å². The maximum atomic E-state index is 5.69. The Morgan fingerprint density at radius 1 is 1.08 bits per heavy atom. The van der Waals surface area contributed by atoms with E-state index in [1.54, 1.807) is 0 Å². The van der Waals surface area contributed by atoms with Crippen molar-refractivity contribution in [2.45, 2.75) is 0 Å². The second-order valence-corrected chi connectivity index (χ2v) is 3.88. The van der Waals surface area contributed by atoms with E-state index in [2.05, 4.69) is 40.8 Å². The molecule has 0 aliphatic rings. The van der Waals surface area contributed by atoms with Gasteiger partial charge in [0.15, 0.2) is 0 Å². The molecular formula is C10H8IN. The van der Waals surface area contributed by atoms with Gasteiger partial charge in [-0.3, -0.25) is 0 Å². The average molecular weight is 269 g/mol. The van der Waals surface area contributed by atoms with E-state index in [9.17, 15) is 0 Å². The molecule has 1 nitrogen and oxygen atoms in total. The van der Waals surface area contributed by atoms with Crippen LogP contribution in [-0.4, -0.2) is 0 Å². The molecule has 0 radical (unpaired) electrons. The maximum Gasteiger partial charge on any atom is 0.0320 e. The monoisotopic (exact) mass is 269 g/mol. The molecule has 2 rings (SSSR count). The Labute approximate surface area is 84.7 Å². The number of rotatable bonds is 0. The predicted molar refractivity (Wildman–Crippen MR) is 61.1 cm³/mol. The number of benzene rings is 2. The molecular weight excluding hydrogens is 261 g/mol. The fourth-order valence-electron chi connectivity index (χ4n) is 1.25. The highest BCUT2D eigenvalue weighted by Gasteiger charge is 1.96. The molecule has 60 valence electrons. The Hall–Kier alpha value is -0.770. The third-order valence-electron chi connectivity index (χ3n) is 1.85. The van der Waals surface area contributed by atoms with E-state index in [0.29, 0.717) is 0 Å². The molecule has 2 aromatic rings. The first kappa shape index (κ1) is 7.86. The van der Waals surface area contributed by atoms with Crippen molar-refractivity contribution in [1.29, 1.82) is 0 Å². The molecule has 0 aliphatic carbocycles. The van der Waals surface area contributed by atoms with Crippen LogP contribution in [0.5, 0.6) is 0 Å². The number of nitrogen functional groups attached to an aromatic ring is 1. The fraction of sp³-hybridized carbons (Fsp3) is 0. The van der Waals surface area contributed by atoms with E-state index in [4.69, 9.17) is 5.73 Å². The smallest absolute Gasteiger partial charge is 0.0320 e. The zero-order valence-electron chi connectivity index (χ0n) is 6.42. The van der Waals surface area contributed by atoms with Gasteiger partial charge in [0.1, 0.15) is 0 Å². The summed E-state index contributed by atoms with van der Waals surface area (Å²) in [5, 5.41) is 2.48. The minimum atomic E-state index is 0.826. The summed E-state index contributed by atoms with van der Waals surface area (Å²) in [6.45, 7) is 0. The highest BCUT2D eigenvalue weighted by Crippen LogP contribution is 2.22. The van der Waals surface area contributed by atoms with E-state index < -0.39 is 0 Å². The molecule has 2 N–H and O–H groups in total. The molecule has 0 saturated carbocycles. The Balaban J connectivity index is 2.88. The Morgan fingerprint density at radius 3 is 2.75 bits per heavy atom. The van der Waals surface area contributed by atoms with Gasteiger partial charge < -0.3 is 5.73 Å². The van der Waals surface area contributed by atoms with Gasteiger partial charge in [0.2, 0.25) is 0 Å². The number of anilines is 1. The van der Waals surface area contributed by atoms with Gasteiger partial charge in [0, 0.05) is 9.26 Å². The van der Waals surface area contributed by atoms with Crippen molar-refractivity contribution in [1.82, 2.24) is 0 Å². The van der Waals surface area contributed by atoms with Crippen LogP contribution in [0.1, 0.15) is 0 Å². The highest BCUT2D eigenvalue weighted by atomic mass is 127. The second kappa shape index (κ2) is 2.94. The molecule has 0 aromatic heterocycles.